The SMILES string of the molecule is O=C(O)NOC1CC1. The Hall–Kier alpha value is -0.770. The van der Waals surface area contributed by atoms with E-state index < -0.39 is 6.09 Å². The van der Waals surface area contributed by atoms with Gasteiger partial charge in [-0.3, -0.25) is 4.84 Å². The topological polar surface area (TPSA) is 58.6 Å². The molecule has 0 saturated heterocycles. The van der Waals surface area contributed by atoms with Gasteiger partial charge in [0.05, 0.1) is 6.10 Å². The number of nitrogens with one attached hydrogen (secondary N) is 1. The van der Waals surface area contributed by atoms with Gasteiger partial charge in [0.15, 0.2) is 0 Å². The molecule has 1 saturated carbocycles. The van der Waals surface area contributed by atoms with Crippen molar-refractivity contribution in [3.05, 3.63) is 0 Å². The summed E-state index contributed by atoms with van der Waals surface area (Å²) in [7, 11) is 0. The molecule has 1 rings (SSSR count). The Labute approximate surface area is 46.4 Å². The number of hydrogen-bond donors (Lipinski definition) is 2. The van der Waals surface area contributed by atoms with Crippen LogP contribution in [-0.4, -0.2) is 17.3 Å². The molecule has 0 aromatic rings. The average molecular weight is 117 g/mol. The van der Waals surface area contributed by atoms with Crippen LogP contribution in [0.1, 0.15) is 12.8 Å². The van der Waals surface area contributed by atoms with E-state index >= 15 is 0 Å². The molecule has 1 amide bonds. The summed E-state index contributed by atoms with van der Waals surface area (Å²) in [6.07, 6.45) is 0.962. The van der Waals surface area contributed by atoms with Gasteiger partial charge >= 0.3 is 6.09 Å². The molecule has 1 aliphatic rings. The molecule has 0 aromatic heterocycles. The maximum Gasteiger partial charge on any atom is 0.428 e. The van der Waals surface area contributed by atoms with Crippen molar-refractivity contribution in [1.29, 1.82) is 0 Å². The molecule has 0 aliphatic heterocycles. The zero-order chi connectivity index (χ0) is 5.98. The molecule has 1 fully saturated rings. The van der Waals surface area contributed by atoms with E-state index in [1.165, 1.54) is 0 Å². The number of hydroxylamine groups is 1. The molecule has 0 heterocycles. The van der Waals surface area contributed by atoms with E-state index in [-0.39, 0.29) is 6.10 Å². The smallest absolute Gasteiger partial charge is 0.428 e. The predicted molar refractivity (Wildman–Crippen MR) is 25.3 cm³/mol. The first-order valence-corrected chi connectivity index (χ1v) is 2.43. The van der Waals surface area contributed by atoms with Crippen molar-refractivity contribution in [1.82, 2.24) is 5.48 Å². The molecule has 4 heteroatoms. The van der Waals surface area contributed by atoms with E-state index in [0.29, 0.717) is 0 Å². The summed E-state index contributed by atoms with van der Waals surface area (Å²) in [5, 5.41) is 7.95. The minimum atomic E-state index is -1.13. The summed E-state index contributed by atoms with van der Waals surface area (Å²) < 4.78 is 0. The minimum Gasteiger partial charge on any atom is -0.464 e. The van der Waals surface area contributed by atoms with Crippen LogP contribution in [-0.2, 0) is 4.84 Å². The van der Waals surface area contributed by atoms with E-state index in [1.807, 2.05) is 5.48 Å². The standard InChI is InChI=1S/C4H7NO3/c6-4(7)5-8-3-1-2-3/h3,5H,1-2H2,(H,6,7). The first-order valence-electron chi connectivity index (χ1n) is 2.43. The summed E-state index contributed by atoms with van der Waals surface area (Å²) in [5.41, 5.74) is 1.82. The van der Waals surface area contributed by atoms with Gasteiger partial charge in [-0.25, -0.2) is 4.79 Å². The zero-order valence-corrected chi connectivity index (χ0v) is 4.26. The highest BCUT2D eigenvalue weighted by Crippen LogP contribution is 2.21. The van der Waals surface area contributed by atoms with Gasteiger partial charge in [-0.2, -0.15) is 5.48 Å². The highest BCUT2D eigenvalue weighted by molar-refractivity contribution is 5.62. The normalized spacial score (nSPS) is 18.0. The van der Waals surface area contributed by atoms with Gasteiger partial charge in [0.25, 0.3) is 0 Å². The first-order chi connectivity index (χ1) is 3.79. The lowest BCUT2D eigenvalue weighted by Gasteiger charge is -1.95. The van der Waals surface area contributed by atoms with E-state index in [2.05, 4.69) is 4.84 Å². The fraction of sp³-hybridized carbons (Fsp3) is 0.750. The molecule has 0 unspecified atom stereocenters. The second-order valence-corrected chi connectivity index (χ2v) is 1.72. The lowest BCUT2D eigenvalue weighted by molar-refractivity contribution is 0.0309. The Bertz CT molecular complexity index is 99.5. The van der Waals surface area contributed by atoms with Gasteiger partial charge in [0.2, 0.25) is 0 Å². The summed E-state index contributed by atoms with van der Waals surface area (Å²) >= 11 is 0. The van der Waals surface area contributed by atoms with Crippen LogP contribution in [0.2, 0.25) is 0 Å². The quantitative estimate of drug-likeness (QED) is 0.513. The van der Waals surface area contributed by atoms with Gasteiger partial charge in [0, 0.05) is 0 Å². The third-order valence-electron chi connectivity index (χ3n) is 0.837. The number of amides is 1. The Morgan fingerprint density at radius 1 is 1.75 bits per heavy atom. The highest BCUT2D eigenvalue weighted by Gasteiger charge is 2.23. The third kappa shape index (κ3) is 1.79. The van der Waals surface area contributed by atoms with E-state index in [1.54, 1.807) is 0 Å². The largest absolute Gasteiger partial charge is 0.464 e. The summed E-state index contributed by atoms with van der Waals surface area (Å²) in [4.78, 5) is 14.3. The molecular formula is C4H7NO3. The van der Waals surface area contributed by atoms with Crippen molar-refractivity contribution < 1.29 is 14.7 Å². The Kier molecular flexibility index (Phi) is 1.34. The molecule has 4 nitrogen and oxygen atoms in total. The van der Waals surface area contributed by atoms with E-state index in [9.17, 15) is 4.79 Å². The monoisotopic (exact) mass is 117 g/mol. The van der Waals surface area contributed by atoms with Gasteiger partial charge in [-0.1, -0.05) is 0 Å². The maximum atomic E-state index is 9.70. The molecule has 8 heavy (non-hydrogen) atoms. The highest BCUT2D eigenvalue weighted by atomic mass is 16.7. The predicted octanol–water partition coefficient (Wildman–Crippen LogP) is 0.348. The Morgan fingerprint density at radius 2 is 2.38 bits per heavy atom. The molecule has 0 spiro atoms. The fourth-order valence-electron chi connectivity index (χ4n) is 0.320. The van der Waals surface area contributed by atoms with Crippen LogP contribution in [0.15, 0.2) is 0 Å². The molecule has 0 bridgehead atoms. The van der Waals surface area contributed by atoms with Crippen LogP contribution in [0, 0.1) is 0 Å². The summed E-state index contributed by atoms with van der Waals surface area (Å²) in [5.74, 6) is 0. The average Bonchev–Trinajstić information content (AvgIpc) is 2.41. The lowest BCUT2D eigenvalue weighted by atomic mass is 10.9. The van der Waals surface area contributed by atoms with Gasteiger partial charge < -0.3 is 5.11 Å². The zero-order valence-electron chi connectivity index (χ0n) is 4.26. The second kappa shape index (κ2) is 2.00. The van der Waals surface area contributed by atoms with Gasteiger partial charge in [-0.05, 0) is 12.8 Å². The lowest BCUT2D eigenvalue weighted by Crippen LogP contribution is -2.21. The molecule has 0 atom stereocenters. The van der Waals surface area contributed by atoms with E-state index in [4.69, 9.17) is 5.11 Å². The molecular weight excluding hydrogens is 110 g/mol. The van der Waals surface area contributed by atoms with Crippen LogP contribution in [0.3, 0.4) is 0 Å². The number of carboxylic acid groups (broad SMARTS) is 1. The van der Waals surface area contributed by atoms with Crippen molar-refractivity contribution in [2.75, 3.05) is 0 Å². The summed E-state index contributed by atoms with van der Waals surface area (Å²) in [6, 6.07) is 0. The second-order valence-electron chi connectivity index (χ2n) is 1.72. The van der Waals surface area contributed by atoms with Crippen LogP contribution >= 0.6 is 0 Å². The van der Waals surface area contributed by atoms with Gasteiger partial charge in [0.1, 0.15) is 0 Å². The van der Waals surface area contributed by atoms with Crippen molar-refractivity contribution in [3.8, 4) is 0 Å². The van der Waals surface area contributed by atoms with Crippen molar-refractivity contribution in [2.24, 2.45) is 0 Å². The molecule has 2 N–H and O–H groups in total. The van der Waals surface area contributed by atoms with Crippen molar-refractivity contribution >= 4 is 6.09 Å². The molecule has 46 valence electrons. The van der Waals surface area contributed by atoms with Crippen LogP contribution in [0.5, 0.6) is 0 Å². The fourth-order valence-corrected chi connectivity index (χ4v) is 0.320. The van der Waals surface area contributed by atoms with Crippen molar-refractivity contribution in [2.45, 2.75) is 18.9 Å². The summed E-state index contributed by atoms with van der Waals surface area (Å²) in [6.45, 7) is 0. The van der Waals surface area contributed by atoms with Crippen molar-refractivity contribution in [3.63, 3.8) is 0 Å². The Balaban J connectivity index is 1.95. The molecule has 0 aromatic carbocycles. The number of hydrogen-bond acceptors (Lipinski definition) is 2. The Morgan fingerprint density at radius 3 is 2.75 bits per heavy atom. The van der Waals surface area contributed by atoms with Gasteiger partial charge in [-0.15, -0.1) is 0 Å². The minimum absolute atomic E-state index is 0.145. The third-order valence-corrected chi connectivity index (χ3v) is 0.837. The first kappa shape index (κ1) is 5.37. The van der Waals surface area contributed by atoms with Crippen LogP contribution in [0.25, 0.3) is 0 Å². The van der Waals surface area contributed by atoms with Crippen LogP contribution in [0.4, 0.5) is 4.79 Å². The van der Waals surface area contributed by atoms with E-state index in [0.717, 1.165) is 12.8 Å². The maximum absolute atomic E-state index is 9.70. The number of rotatable bonds is 2. The number of carbonyl (C=O) groups is 1. The molecule has 0 radical (unpaired) electrons. The van der Waals surface area contributed by atoms with Crippen LogP contribution < -0.4 is 5.48 Å². The molecule has 1 aliphatic carbocycles.